The molecule has 1 saturated heterocycles. The average Bonchev–Trinajstić information content (AvgIpc) is 3.28. The van der Waals surface area contributed by atoms with Gasteiger partial charge in [-0.1, -0.05) is 72.8 Å². The molecule has 3 N–H and O–H groups in total. The molecule has 0 aromatic heterocycles. The average molecular weight is 476 g/mol. The second kappa shape index (κ2) is 12.0. The highest BCUT2D eigenvalue weighted by atomic mass is 16.7. The van der Waals surface area contributed by atoms with Crippen molar-refractivity contribution in [3.63, 3.8) is 0 Å². The Kier molecular flexibility index (Phi) is 8.60. The highest BCUT2D eigenvalue weighted by Gasteiger charge is 2.50. The number of hydrogen-bond donors (Lipinski definition) is 2. The largest absolute Gasteiger partial charge is 0.383 e. The van der Waals surface area contributed by atoms with Crippen LogP contribution < -0.4 is 5.73 Å². The van der Waals surface area contributed by atoms with Crippen LogP contribution in [0.15, 0.2) is 89.0 Å². The smallest absolute Gasteiger partial charge is 0.193 e. The number of nitrogens with zero attached hydrogens (tertiary/aromatic N) is 1. The molecule has 0 bridgehead atoms. The van der Waals surface area contributed by atoms with Crippen molar-refractivity contribution in [1.29, 1.82) is 5.41 Å². The van der Waals surface area contributed by atoms with E-state index >= 15 is 0 Å². The highest BCUT2D eigenvalue weighted by molar-refractivity contribution is 6.01. The van der Waals surface area contributed by atoms with Crippen LogP contribution in [0.25, 0.3) is 0 Å². The number of rotatable bonds is 11. The van der Waals surface area contributed by atoms with Gasteiger partial charge in [-0.2, -0.15) is 0 Å². The van der Waals surface area contributed by atoms with Gasteiger partial charge in [0.2, 0.25) is 0 Å². The van der Waals surface area contributed by atoms with Crippen LogP contribution in [-0.4, -0.2) is 43.9 Å². The molecule has 2 aromatic rings. The predicted octanol–water partition coefficient (Wildman–Crippen LogP) is 4.53. The molecule has 0 saturated carbocycles. The summed E-state index contributed by atoms with van der Waals surface area (Å²) in [6, 6.07) is 20.2. The van der Waals surface area contributed by atoms with Crippen molar-refractivity contribution in [3.8, 4) is 0 Å². The molecule has 7 nitrogen and oxygen atoms in total. The summed E-state index contributed by atoms with van der Waals surface area (Å²) in [7, 11) is 1.67. The third-order valence-corrected chi connectivity index (χ3v) is 6.43. The molecule has 0 radical (unpaired) electrons. The van der Waals surface area contributed by atoms with Gasteiger partial charge >= 0.3 is 0 Å². The van der Waals surface area contributed by atoms with Crippen LogP contribution in [0.2, 0.25) is 0 Å². The van der Waals surface area contributed by atoms with Crippen molar-refractivity contribution in [1.82, 2.24) is 0 Å². The number of benzene rings is 2. The predicted molar refractivity (Wildman–Crippen MR) is 136 cm³/mol. The third kappa shape index (κ3) is 6.32. The van der Waals surface area contributed by atoms with Crippen LogP contribution in [0, 0.1) is 5.41 Å². The minimum absolute atomic E-state index is 0.193. The van der Waals surface area contributed by atoms with E-state index in [4.69, 9.17) is 30.1 Å². The molecule has 3 atom stereocenters. The molecule has 1 unspecified atom stereocenters. The summed E-state index contributed by atoms with van der Waals surface area (Å²) in [5, 5.41) is 7.14. The summed E-state index contributed by atoms with van der Waals surface area (Å²) >= 11 is 0. The lowest BCUT2D eigenvalue weighted by Gasteiger charge is -2.32. The van der Waals surface area contributed by atoms with E-state index in [1.54, 1.807) is 7.11 Å². The van der Waals surface area contributed by atoms with Crippen LogP contribution in [0.5, 0.6) is 0 Å². The van der Waals surface area contributed by atoms with Crippen molar-refractivity contribution in [2.45, 2.75) is 50.5 Å². The Morgan fingerprint density at radius 1 is 1.06 bits per heavy atom. The zero-order valence-electron chi connectivity index (χ0n) is 20.1. The number of ether oxygens (including phenoxy) is 4. The van der Waals surface area contributed by atoms with Gasteiger partial charge in [0.15, 0.2) is 5.79 Å². The number of nitrogens with one attached hydrogen (secondary N) is 1. The molecular weight excluding hydrogens is 442 g/mol. The molecule has 4 rings (SSSR count). The molecule has 0 spiro atoms. The molecular formula is C28H33N3O4. The first kappa shape index (κ1) is 25.0. The second-order valence-corrected chi connectivity index (χ2v) is 8.68. The van der Waals surface area contributed by atoms with Crippen molar-refractivity contribution >= 4 is 12.2 Å². The maximum absolute atomic E-state index is 7.14. The zero-order chi connectivity index (χ0) is 24.5. The molecule has 2 aromatic carbocycles. The van der Waals surface area contributed by atoms with Gasteiger partial charge in [0.25, 0.3) is 0 Å². The van der Waals surface area contributed by atoms with Crippen molar-refractivity contribution in [2.24, 2.45) is 10.7 Å². The lowest BCUT2D eigenvalue weighted by molar-refractivity contribution is -0.197. The van der Waals surface area contributed by atoms with Crippen LogP contribution in [0.4, 0.5) is 0 Å². The Hall–Kier alpha value is -3.10. The normalized spacial score (nSPS) is 24.7. The Labute approximate surface area is 206 Å². The van der Waals surface area contributed by atoms with E-state index in [1.165, 1.54) is 0 Å². The van der Waals surface area contributed by atoms with Crippen LogP contribution >= 0.6 is 0 Å². The van der Waals surface area contributed by atoms with E-state index in [1.807, 2.05) is 60.7 Å². The second-order valence-electron chi connectivity index (χ2n) is 8.68. The standard InChI is InChI=1S/C28H33N3O4/c1-32-28(24-14-12-23(13-15-24)27(30)31-20-29)16-25(34-18-22-10-6-3-7-11-22)26(35-28)19-33-17-21-8-4-2-5-9-21/h2-12,14,20,25-26H,13,15-19H2,1H3,(H3,29,30,31)/t25-,26+,28?/m0/s1. The van der Waals surface area contributed by atoms with Gasteiger partial charge in [0.05, 0.1) is 25.9 Å². The number of methoxy groups -OCH3 is 1. The summed E-state index contributed by atoms with van der Waals surface area (Å²) < 4.78 is 25.0. The van der Waals surface area contributed by atoms with E-state index in [0.717, 1.165) is 35.0 Å². The van der Waals surface area contributed by atoms with Crippen molar-refractivity contribution in [2.75, 3.05) is 13.7 Å². The fourth-order valence-corrected chi connectivity index (χ4v) is 4.51. The molecule has 1 aliphatic carbocycles. The number of amidine groups is 1. The van der Waals surface area contributed by atoms with E-state index in [-0.39, 0.29) is 12.2 Å². The van der Waals surface area contributed by atoms with Crippen LogP contribution in [-0.2, 0) is 32.2 Å². The molecule has 184 valence electrons. The monoisotopic (exact) mass is 475 g/mol. The van der Waals surface area contributed by atoms with E-state index in [0.29, 0.717) is 38.5 Å². The molecule has 7 heteroatoms. The SMILES string of the molecule is COC1(C2=CC=C(C(N)=NC=N)CC2)C[C@H](OCc2ccccc2)[C@@H](COCc2ccccc2)O1. The number of nitrogens with two attached hydrogens (primary N) is 1. The summed E-state index contributed by atoms with van der Waals surface area (Å²) in [4.78, 5) is 3.88. The molecule has 1 aliphatic heterocycles. The highest BCUT2D eigenvalue weighted by Crippen LogP contribution is 2.42. The fraction of sp³-hybridized carbons (Fsp3) is 0.357. The van der Waals surface area contributed by atoms with Gasteiger partial charge in [0.1, 0.15) is 18.3 Å². The van der Waals surface area contributed by atoms with E-state index in [9.17, 15) is 0 Å². The molecule has 1 fully saturated rings. The Bertz CT molecular complexity index is 1070. The zero-order valence-corrected chi connectivity index (χ0v) is 20.1. The maximum Gasteiger partial charge on any atom is 0.193 e. The van der Waals surface area contributed by atoms with Gasteiger partial charge in [-0.3, -0.25) is 5.41 Å². The van der Waals surface area contributed by atoms with Gasteiger partial charge < -0.3 is 24.7 Å². The molecule has 2 aliphatic rings. The third-order valence-electron chi connectivity index (χ3n) is 6.43. The summed E-state index contributed by atoms with van der Waals surface area (Å²) in [6.45, 7) is 1.39. The summed E-state index contributed by atoms with van der Waals surface area (Å²) in [6.07, 6.45) is 6.40. The minimum atomic E-state index is -0.891. The lowest BCUT2D eigenvalue weighted by atomic mass is 9.90. The van der Waals surface area contributed by atoms with Crippen LogP contribution in [0.3, 0.4) is 0 Å². The maximum atomic E-state index is 7.14. The first-order valence-electron chi connectivity index (χ1n) is 11.9. The summed E-state index contributed by atoms with van der Waals surface area (Å²) in [5.74, 6) is -0.525. The number of aliphatic imine (C=N–C) groups is 1. The van der Waals surface area contributed by atoms with E-state index in [2.05, 4.69) is 17.1 Å². The quantitative estimate of drug-likeness (QED) is 0.367. The first-order valence-corrected chi connectivity index (χ1v) is 11.9. The van der Waals surface area contributed by atoms with Gasteiger partial charge in [-0.25, -0.2) is 4.99 Å². The Balaban J connectivity index is 1.49. The fourth-order valence-electron chi connectivity index (χ4n) is 4.51. The van der Waals surface area contributed by atoms with Gasteiger partial charge in [-0.15, -0.1) is 0 Å². The number of hydrogen-bond acceptors (Lipinski definition) is 5. The van der Waals surface area contributed by atoms with Crippen molar-refractivity contribution in [3.05, 3.63) is 95.1 Å². The van der Waals surface area contributed by atoms with Gasteiger partial charge in [0, 0.05) is 13.5 Å². The minimum Gasteiger partial charge on any atom is -0.383 e. The first-order chi connectivity index (χ1) is 17.1. The Morgan fingerprint density at radius 3 is 2.34 bits per heavy atom. The van der Waals surface area contributed by atoms with Crippen molar-refractivity contribution < 1.29 is 18.9 Å². The van der Waals surface area contributed by atoms with Crippen LogP contribution in [0.1, 0.15) is 30.4 Å². The number of allylic oxidation sites excluding steroid dienone is 2. The molecule has 35 heavy (non-hydrogen) atoms. The lowest BCUT2D eigenvalue weighted by Crippen LogP contribution is -2.35. The topological polar surface area (TPSA) is 99.2 Å². The van der Waals surface area contributed by atoms with Gasteiger partial charge in [-0.05, 0) is 35.1 Å². The Morgan fingerprint density at radius 2 is 1.74 bits per heavy atom. The molecule has 0 amide bonds. The summed E-state index contributed by atoms with van der Waals surface area (Å²) in [5.41, 5.74) is 10.1. The van der Waals surface area contributed by atoms with E-state index < -0.39 is 5.79 Å². The molecule has 1 heterocycles.